The zero-order valence-corrected chi connectivity index (χ0v) is 16.2. The van der Waals surface area contributed by atoms with Crippen molar-refractivity contribution in [3.8, 4) is 11.4 Å². The summed E-state index contributed by atoms with van der Waals surface area (Å²) in [4.78, 5) is 22.6. The van der Waals surface area contributed by atoms with Crippen molar-refractivity contribution in [3.05, 3.63) is 47.3 Å². The molecule has 2 aromatic heterocycles. The number of fused-ring (bicyclic) bond motifs is 4. The van der Waals surface area contributed by atoms with Gasteiger partial charge in [0.05, 0.1) is 11.4 Å². The van der Waals surface area contributed by atoms with E-state index in [0.29, 0.717) is 23.5 Å². The number of para-hydroxylation sites is 1. The second-order valence-corrected chi connectivity index (χ2v) is 8.74. The summed E-state index contributed by atoms with van der Waals surface area (Å²) in [6.45, 7) is 4.19. The minimum atomic E-state index is -0.291. The topological polar surface area (TPSA) is 122 Å². The van der Waals surface area contributed by atoms with Gasteiger partial charge in [-0.15, -0.1) is 0 Å². The molecule has 0 saturated heterocycles. The summed E-state index contributed by atoms with van der Waals surface area (Å²) in [6, 6.07) is 7.98. The summed E-state index contributed by atoms with van der Waals surface area (Å²) in [5, 5.41) is 13.7. The maximum Gasteiger partial charge on any atom is 0.271 e. The number of amides is 1. The molecule has 5 rings (SSSR count). The van der Waals surface area contributed by atoms with Gasteiger partial charge < -0.3 is 16.4 Å². The lowest BCUT2D eigenvalue weighted by molar-refractivity contribution is 0.0945. The number of carbonyl (C=O) groups is 1. The average molecular weight is 393 g/mol. The standard InChI is InChI=1S/C19H19N7OS/c1-19(2)7-9-8-21-17(20)23-13(9)14-12(19)15(26-25-14)16(27)24-18-22-10-5-3-4-6-11(10)28-18/h3-6,8,18,22H,7H2,1-2H3,(H,24,27)(H,25,26)(H2,20,21,23). The molecule has 1 aliphatic heterocycles. The van der Waals surface area contributed by atoms with Gasteiger partial charge in [0, 0.05) is 16.7 Å². The fraction of sp³-hybridized carbons (Fsp3) is 0.263. The molecule has 0 bridgehead atoms. The van der Waals surface area contributed by atoms with Crippen molar-refractivity contribution < 1.29 is 4.79 Å². The third kappa shape index (κ3) is 2.62. The highest BCUT2D eigenvalue weighted by atomic mass is 32.2. The highest BCUT2D eigenvalue weighted by Gasteiger charge is 2.39. The van der Waals surface area contributed by atoms with Gasteiger partial charge in [0.2, 0.25) is 5.95 Å². The molecule has 0 fully saturated rings. The summed E-state index contributed by atoms with van der Waals surface area (Å²) >= 11 is 1.58. The molecule has 1 aromatic carbocycles. The van der Waals surface area contributed by atoms with Crippen molar-refractivity contribution >= 4 is 29.3 Å². The molecule has 1 amide bonds. The fourth-order valence-electron chi connectivity index (χ4n) is 3.90. The van der Waals surface area contributed by atoms with E-state index in [1.165, 1.54) is 0 Å². The SMILES string of the molecule is CC1(C)Cc2cnc(N)nc2-c2n[nH]c(C(=O)NC3Nc4ccccc4S3)c21. The van der Waals surface area contributed by atoms with Crippen LogP contribution in [0, 0.1) is 0 Å². The van der Waals surface area contributed by atoms with E-state index in [9.17, 15) is 4.79 Å². The number of nitrogens with two attached hydrogens (primary N) is 1. The predicted molar refractivity (Wildman–Crippen MR) is 108 cm³/mol. The fourth-order valence-corrected chi connectivity index (χ4v) is 4.92. The third-order valence-electron chi connectivity index (χ3n) is 5.09. The summed E-state index contributed by atoms with van der Waals surface area (Å²) in [5.74, 6) is -0.00663. The Balaban J connectivity index is 1.47. The second-order valence-electron chi connectivity index (χ2n) is 7.60. The van der Waals surface area contributed by atoms with Gasteiger partial charge in [-0.1, -0.05) is 37.7 Å². The predicted octanol–water partition coefficient (Wildman–Crippen LogP) is 2.51. The van der Waals surface area contributed by atoms with Crippen LogP contribution in [0.4, 0.5) is 11.6 Å². The van der Waals surface area contributed by atoms with Crippen LogP contribution in [0.25, 0.3) is 11.4 Å². The van der Waals surface area contributed by atoms with E-state index in [-0.39, 0.29) is 22.8 Å². The first-order chi connectivity index (χ1) is 13.4. The Hall–Kier alpha value is -3.07. The number of aromatic amines is 1. The Labute approximate surface area is 165 Å². The molecule has 28 heavy (non-hydrogen) atoms. The molecule has 1 unspecified atom stereocenters. The van der Waals surface area contributed by atoms with E-state index in [0.717, 1.165) is 21.7 Å². The molecule has 0 radical (unpaired) electrons. The summed E-state index contributed by atoms with van der Waals surface area (Å²) in [5.41, 5.74) is 9.92. The molecule has 8 nitrogen and oxygen atoms in total. The maximum atomic E-state index is 13.1. The molecule has 9 heteroatoms. The molecular weight excluding hydrogens is 374 g/mol. The normalized spacial score (nSPS) is 18.6. The van der Waals surface area contributed by atoms with E-state index < -0.39 is 0 Å². The van der Waals surface area contributed by atoms with E-state index in [1.807, 2.05) is 24.3 Å². The molecule has 1 atom stereocenters. The van der Waals surface area contributed by atoms with Crippen molar-refractivity contribution in [2.45, 2.75) is 36.1 Å². The first-order valence-electron chi connectivity index (χ1n) is 8.96. The summed E-state index contributed by atoms with van der Waals surface area (Å²) in [7, 11) is 0. The Morgan fingerprint density at radius 3 is 2.96 bits per heavy atom. The van der Waals surface area contributed by atoms with Crippen LogP contribution in [0.1, 0.15) is 35.5 Å². The molecule has 3 aromatic rings. The van der Waals surface area contributed by atoms with Crippen LogP contribution in [-0.4, -0.2) is 31.6 Å². The van der Waals surface area contributed by atoms with Crippen LogP contribution < -0.4 is 16.4 Å². The Morgan fingerprint density at radius 2 is 2.14 bits per heavy atom. The number of carbonyl (C=O) groups excluding carboxylic acids is 1. The lowest BCUT2D eigenvalue weighted by Gasteiger charge is -2.31. The number of hydrogen-bond acceptors (Lipinski definition) is 7. The Bertz CT molecular complexity index is 1080. The van der Waals surface area contributed by atoms with E-state index in [1.54, 1.807) is 18.0 Å². The van der Waals surface area contributed by atoms with E-state index in [4.69, 9.17) is 5.73 Å². The smallest absolute Gasteiger partial charge is 0.271 e. The molecule has 0 spiro atoms. The number of H-pyrrole nitrogens is 1. The lowest BCUT2D eigenvalue weighted by atomic mass is 9.73. The number of hydrogen-bond donors (Lipinski definition) is 4. The van der Waals surface area contributed by atoms with Crippen LogP contribution >= 0.6 is 11.8 Å². The largest absolute Gasteiger partial charge is 0.368 e. The zero-order chi connectivity index (χ0) is 19.5. The number of nitrogens with one attached hydrogen (secondary N) is 3. The summed E-state index contributed by atoms with van der Waals surface area (Å²) < 4.78 is 0. The molecule has 3 heterocycles. The van der Waals surface area contributed by atoms with Crippen LogP contribution in [0.5, 0.6) is 0 Å². The number of rotatable bonds is 2. The van der Waals surface area contributed by atoms with Crippen molar-refractivity contribution in [2.24, 2.45) is 0 Å². The van der Waals surface area contributed by atoms with Crippen molar-refractivity contribution in [1.29, 1.82) is 0 Å². The van der Waals surface area contributed by atoms with Crippen molar-refractivity contribution in [1.82, 2.24) is 25.5 Å². The molecule has 142 valence electrons. The van der Waals surface area contributed by atoms with Gasteiger partial charge in [0.15, 0.2) is 5.50 Å². The number of aromatic nitrogens is 4. The summed E-state index contributed by atoms with van der Waals surface area (Å²) in [6.07, 6.45) is 2.45. The number of nitrogen functional groups attached to an aromatic ring is 1. The number of benzene rings is 1. The minimum Gasteiger partial charge on any atom is -0.368 e. The van der Waals surface area contributed by atoms with Gasteiger partial charge >= 0.3 is 0 Å². The quantitative estimate of drug-likeness (QED) is 0.528. The van der Waals surface area contributed by atoms with Crippen molar-refractivity contribution in [2.75, 3.05) is 11.1 Å². The van der Waals surface area contributed by atoms with Gasteiger partial charge in [0.25, 0.3) is 5.91 Å². The van der Waals surface area contributed by atoms with Crippen molar-refractivity contribution in [3.63, 3.8) is 0 Å². The van der Waals surface area contributed by atoms with Crippen LogP contribution in [0.2, 0.25) is 0 Å². The van der Waals surface area contributed by atoms with Gasteiger partial charge in [-0.25, -0.2) is 9.97 Å². The zero-order valence-electron chi connectivity index (χ0n) is 15.4. The highest BCUT2D eigenvalue weighted by molar-refractivity contribution is 8.00. The third-order valence-corrected chi connectivity index (χ3v) is 6.17. The average Bonchev–Trinajstić information content (AvgIpc) is 3.26. The first kappa shape index (κ1) is 17.1. The Morgan fingerprint density at radius 1 is 1.32 bits per heavy atom. The minimum absolute atomic E-state index is 0.197. The van der Waals surface area contributed by atoms with Gasteiger partial charge in [-0.3, -0.25) is 9.89 Å². The van der Waals surface area contributed by atoms with Gasteiger partial charge in [0.1, 0.15) is 11.4 Å². The van der Waals surface area contributed by atoms with Crippen LogP contribution in [-0.2, 0) is 11.8 Å². The van der Waals surface area contributed by atoms with Crippen LogP contribution in [0.3, 0.4) is 0 Å². The number of nitrogens with zero attached hydrogens (tertiary/aromatic N) is 3. The molecule has 2 aliphatic rings. The lowest BCUT2D eigenvalue weighted by Crippen LogP contribution is -2.38. The van der Waals surface area contributed by atoms with Gasteiger partial charge in [-0.2, -0.15) is 5.10 Å². The van der Waals surface area contributed by atoms with E-state index >= 15 is 0 Å². The molecular formula is C19H19N7OS. The van der Waals surface area contributed by atoms with Gasteiger partial charge in [-0.05, 0) is 29.5 Å². The Kier molecular flexibility index (Phi) is 3.63. The number of anilines is 2. The molecule has 0 saturated carbocycles. The second kappa shape index (κ2) is 5.96. The van der Waals surface area contributed by atoms with Crippen LogP contribution in [0.15, 0.2) is 35.4 Å². The first-order valence-corrected chi connectivity index (χ1v) is 9.84. The monoisotopic (exact) mass is 393 g/mol. The maximum absolute atomic E-state index is 13.1. The van der Waals surface area contributed by atoms with E-state index in [2.05, 4.69) is 44.6 Å². The number of thioether (sulfide) groups is 1. The molecule has 5 N–H and O–H groups in total. The highest BCUT2D eigenvalue weighted by Crippen LogP contribution is 2.43. The molecule has 1 aliphatic carbocycles.